The minimum absolute atomic E-state index is 0.261. The maximum absolute atomic E-state index is 5.96. The van der Waals surface area contributed by atoms with Crippen LogP contribution < -0.4 is 10.6 Å². The molecule has 1 unspecified atom stereocenters. The van der Waals surface area contributed by atoms with E-state index in [1.807, 2.05) is 13.0 Å². The number of aryl methyl sites for hydroxylation is 1. The molecule has 7 heteroatoms. The van der Waals surface area contributed by atoms with Gasteiger partial charge in [-0.2, -0.15) is 4.98 Å². The molecular weight excluding hydrogens is 256 g/mol. The summed E-state index contributed by atoms with van der Waals surface area (Å²) in [5.41, 5.74) is 6.79. The van der Waals surface area contributed by atoms with Gasteiger partial charge in [-0.05, 0) is 32.6 Å². The summed E-state index contributed by atoms with van der Waals surface area (Å²) in [6, 6.07) is 2.10. The first-order valence-corrected chi connectivity index (χ1v) is 7.00. The first-order valence-electron chi connectivity index (χ1n) is 7.00. The van der Waals surface area contributed by atoms with Crippen LogP contribution >= 0.6 is 0 Å². The van der Waals surface area contributed by atoms with Gasteiger partial charge in [0, 0.05) is 25.2 Å². The molecule has 20 heavy (non-hydrogen) atoms. The summed E-state index contributed by atoms with van der Waals surface area (Å²) in [7, 11) is 0. The van der Waals surface area contributed by atoms with Crippen molar-refractivity contribution in [2.45, 2.75) is 32.7 Å². The summed E-state index contributed by atoms with van der Waals surface area (Å²) in [4.78, 5) is 6.66. The van der Waals surface area contributed by atoms with E-state index in [4.69, 9.17) is 10.3 Å². The van der Waals surface area contributed by atoms with Gasteiger partial charge in [0.1, 0.15) is 0 Å². The molecule has 3 rings (SSSR count). The predicted octanol–water partition coefficient (Wildman–Crippen LogP) is 1.33. The normalized spacial score (nSPS) is 18.4. The lowest BCUT2D eigenvalue weighted by Crippen LogP contribution is -2.40. The Hall–Kier alpha value is -1.89. The number of nitrogens with two attached hydrogens (primary N) is 1. The molecule has 1 aliphatic rings. The van der Waals surface area contributed by atoms with Gasteiger partial charge in [-0.1, -0.05) is 5.16 Å². The molecule has 0 aromatic carbocycles. The van der Waals surface area contributed by atoms with Gasteiger partial charge in [0.15, 0.2) is 5.82 Å². The molecule has 3 heterocycles. The fourth-order valence-corrected chi connectivity index (χ4v) is 2.60. The molecule has 3 N–H and O–H groups in total. The van der Waals surface area contributed by atoms with Crippen molar-refractivity contribution in [3.05, 3.63) is 11.8 Å². The zero-order chi connectivity index (χ0) is 14.1. The number of aromatic amines is 1. The van der Waals surface area contributed by atoms with E-state index in [1.165, 1.54) is 0 Å². The van der Waals surface area contributed by atoms with E-state index in [2.05, 4.69) is 32.2 Å². The van der Waals surface area contributed by atoms with Crippen LogP contribution in [0.1, 0.15) is 25.5 Å². The molecule has 7 nitrogen and oxygen atoms in total. The molecule has 1 fully saturated rings. The van der Waals surface area contributed by atoms with Crippen molar-refractivity contribution in [3.63, 3.8) is 0 Å². The van der Waals surface area contributed by atoms with Gasteiger partial charge in [0.05, 0.1) is 5.69 Å². The van der Waals surface area contributed by atoms with Crippen LogP contribution in [0.15, 0.2) is 10.6 Å². The number of hydrogen-bond donors (Lipinski definition) is 2. The second-order valence-electron chi connectivity index (χ2n) is 5.50. The molecule has 0 radical (unpaired) electrons. The van der Waals surface area contributed by atoms with Crippen molar-refractivity contribution >= 4 is 5.95 Å². The number of H-pyrrole nitrogens is 1. The van der Waals surface area contributed by atoms with E-state index in [9.17, 15) is 0 Å². The number of piperidine rings is 1. The maximum atomic E-state index is 5.96. The van der Waals surface area contributed by atoms with Crippen LogP contribution in [0.2, 0.25) is 0 Å². The van der Waals surface area contributed by atoms with Crippen LogP contribution in [0.5, 0.6) is 0 Å². The minimum atomic E-state index is 0.261. The van der Waals surface area contributed by atoms with Gasteiger partial charge in [-0.25, -0.2) is 0 Å². The van der Waals surface area contributed by atoms with E-state index in [1.54, 1.807) is 0 Å². The molecular formula is C13H20N6O. The van der Waals surface area contributed by atoms with Crippen LogP contribution in [0.3, 0.4) is 0 Å². The standard InChI is InChI=1S/C13H20N6O/c1-8-7-11(20-18-8)12-15-13(17-16-12)19-5-3-10(4-6-19)9(2)14/h7,9-10H,3-6,14H2,1-2H3,(H,15,16,17). The first kappa shape index (κ1) is 13.1. The molecule has 0 spiro atoms. The Labute approximate surface area is 117 Å². The highest BCUT2D eigenvalue weighted by molar-refractivity contribution is 5.49. The van der Waals surface area contributed by atoms with Crippen LogP contribution in [-0.4, -0.2) is 39.5 Å². The van der Waals surface area contributed by atoms with Gasteiger partial charge in [0.25, 0.3) is 0 Å². The molecule has 2 aromatic heterocycles. The third-order valence-corrected chi connectivity index (χ3v) is 3.90. The number of rotatable bonds is 3. The molecule has 0 aliphatic carbocycles. The average molecular weight is 276 g/mol. The van der Waals surface area contributed by atoms with Gasteiger partial charge in [0.2, 0.25) is 11.7 Å². The lowest BCUT2D eigenvalue weighted by molar-refractivity contribution is 0.352. The minimum Gasteiger partial charge on any atom is -0.353 e. The number of anilines is 1. The Morgan fingerprint density at radius 1 is 1.45 bits per heavy atom. The molecule has 1 saturated heterocycles. The summed E-state index contributed by atoms with van der Waals surface area (Å²) in [6.07, 6.45) is 2.17. The highest BCUT2D eigenvalue weighted by atomic mass is 16.5. The van der Waals surface area contributed by atoms with Gasteiger partial charge in [-0.15, -0.1) is 5.10 Å². The third kappa shape index (κ3) is 2.53. The zero-order valence-corrected chi connectivity index (χ0v) is 11.8. The Morgan fingerprint density at radius 2 is 2.20 bits per heavy atom. The van der Waals surface area contributed by atoms with Crippen molar-refractivity contribution in [2.24, 2.45) is 11.7 Å². The summed E-state index contributed by atoms with van der Waals surface area (Å²) in [5, 5.41) is 11.0. The highest BCUT2D eigenvalue weighted by Gasteiger charge is 2.24. The van der Waals surface area contributed by atoms with E-state index in [0.29, 0.717) is 17.5 Å². The molecule has 1 atom stereocenters. The quantitative estimate of drug-likeness (QED) is 0.878. The van der Waals surface area contributed by atoms with Crippen LogP contribution in [0, 0.1) is 12.8 Å². The van der Waals surface area contributed by atoms with E-state index in [0.717, 1.165) is 37.6 Å². The van der Waals surface area contributed by atoms with E-state index < -0.39 is 0 Å². The van der Waals surface area contributed by atoms with Crippen LogP contribution in [-0.2, 0) is 0 Å². The third-order valence-electron chi connectivity index (χ3n) is 3.90. The van der Waals surface area contributed by atoms with Crippen molar-refractivity contribution in [1.29, 1.82) is 0 Å². The van der Waals surface area contributed by atoms with Crippen LogP contribution in [0.4, 0.5) is 5.95 Å². The second kappa shape index (κ2) is 5.24. The molecule has 1 aliphatic heterocycles. The SMILES string of the molecule is Cc1cc(-c2nc(N3CCC(C(C)N)CC3)n[nH]2)on1. The Morgan fingerprint density at radius 3 is 2.80 bits per heavy atom. The number of hydrogen-bond acceptors (Lipinski definition) is 6. The molecule has 2 aromatic rings. The lowest BCUT2D eigenvalue weighted by Gasteiger charge is -2.32. The fraction of sp³-hybridized carbons (Fsp3) is 0.615. The summed E-state index contributed by atoms with van der Waals surface area (Å²) in [5.74, 6) is 2.56. The monoisotopic (exact) mass is 276 g/mol. The van der Waals surface area contributed by atoms with Gasteiger partial charge < -0.3 is 15.2 Å². The fourth-order valence-electron chi connectivity index (χ4n) is 2.60. The van der Waals surface area contributed by atoms with Crippen LogP contribution in [0.25, 0.3) is 11.6 Å². The summed E-state index contributed by atoms with van der Waals surface area (Å²) in [6.45, 7) is 5.85. The first-order chi connectivity index (χ1) is 9.63. The Bertz CT molecular complexity index is 567. The van der Waals surface area contributed by atoms with E-state index >= 15 is 0 Å². The predicted molar refractivity (Wildman–Crippen MR) is 75.2 cm³/mol. The largest absolute Gasteiger partial charge is 0.353 e. The van der Waals surface area contributed by atoms with Crippen molar-refractivity contribution in [3.8, 4) is 11.6 Å². The van der Waals surface area contributed by atoms with E-state index in [-0.39, 0.29) is 6.04 Å². The maximum Gasteiger partial charge on any atom is 0.245 e. The molecule has 108 valence electrons. The average Bonchev–Trinajstić information content (AvgIpc) is 3.07. The molecule has 0 saturated carbocycles. The number of nitrogens with zero attached hydrogens (tertiary/aromatic N) is 4. The van der Waals surface area contributed by atoms with Crippen molar-refractivity contribution in [2.75, 3.05) is 18.0 Å². The van der Waals surface area contributed by atoms with Crippen molar-refractivity contribution < 1.29 is 4.52 Å². The summed E-state index contributed by atoms with van der Waals surface area (Å²) >= 11 is 0. The Kier molecular flexibility index (Phi) is 3.43. The Balaban J connectivity index is 1.69. The number of nitrogens with one attached hydrogen (secondary N) is 1. The van der Waals surface area contributed by atoms with Crippen molar-refractivity contribution in [1.82, 2.24) is 20.3 Å². The second-order valence-corrected chi connectivity index (χ2v) is 5.50. The molecule has 0 amide bonds. The zero-order valence-electron chi connectivity index (χ0n) is 11.8. The van der Waals surface area contributed by atoms with Gasteiger partial charge >= 0.3 is 0 Å². The topological polar surface area (TPSA) is 96.9 Å². The lowest BCUT2D eigenvalue weighted by atomic mass is 9.91. The van der Waals surface area contributed by atoms with Gasteiger partial charge in [-0.3, -0.25) is 5.10 Å². The smallest absolute Gasteiger partial charge is 0.245 e. The number of aromatic nitrogens is 4. The summed E-state index contributed by atoms with van der Waals surface area (Å²) < 4.78 is 5.18. The molecule has 0 bridgehead atoms. The highest BCUT2D eigenvalue weighted by Crippen LogP contribution is 2.24.